The third kappa shape index (κ3) is 18.7. The van der Waals surface area contributed by atoms with Crippen molar-refractivity contribution in [3.8, 4) is 0 Å². The number of unbranched alkanes of at least 4 members (excludes halogenated alkanes) is 9. The van der Waals surface area contributed by atoms with Crippen molar-refractivity contribution in [1.82, 2.24) is 0 Å². The van der Waals surface area contributed by atoms with Gasteiger partial charge in [-0.2, -0.15) is 0 Å². The molecule has 0 amide bonds. The topological polar surface area (TPSA) is 63.6 Å². The molecule has 0 aliphatic rings. The molecule has 0 radical (unpaired) electrons. The van der Waals surface area contributed by atoms with Gasteiger partial charge in [0.05, 0.1) is 6.61 Å². The van der Waals surface area contributed by atoms with Crippen LogP contribution in [0, 0.1) is 0 Å². The van der Waals surface area contributed by atoms with Gasteiger partial charge in [-0.25, -0.2) is 0 Å². The highest BCUT2D eigenvalue weighted by Gasteiger charge is 1.96. The van der Waals surface area contributed by atoms with Crippen LogP contribution in [0.3, 0.4) is 0 Å². The second-order valence-electron chi connectivity index (χ2n) is 5.71. The van der Waals surface area contributed by atoms with Gasteiger partial charge < -0.3 is 9.84 Å². The van der Waals surface area contributed by atoms with Gasteiger partial charge in [-0.15, -0.1) is 0 Å². The molecule has 0 heterocycles. The SMILES string of the molecule is CC(=O)OCCCCCCC=CCCCCCCCC(=O)O. The van der Waals surface area contributed by atoms with Gasteiger partial charge in [0.25, 0.3) is 0 Å². The van der Waals surface area contributed by atoms with E-state index in [1.807, 2.05) is 0 Å². The van der Waals surface area contributed by atoms with E-state index in [9.17, 15) is 9.59 Å². The molecular formula is C18H32O4. The first-order valence-corrected chi connectivity index (χ1v) is 8.63. The maximum atomic E-state index is 10.5. The number of rotatable bonds is 15. The molecule has 0 aromatic carbocycles. The summed E-state index contributed by atoms with van der Waals surface area (Å²) < 4.78 is 4.88. The van der Waals surface area contributed by atoms with Crippen LogP contribution < -0.4 is 0 Å². The van der Waals surface area contributed by atoms with Gasteiger partial charge in [0.2, 0.25) is 0 Å². The van der Waals surface area contributed by atoms with E-state index in [1.54, 1.807) is 0 Å². The number of carboxylic acids is 1. The summed E-state index contributed by atoms with van der Waals surface area (Å²) in [4.78, 5) is 20.9. The Labute approximate surface area is 134 Å². The quantitative estimate of drug-likeness (QED) is 0.266. The van der Waals surface area contributed by atoms with Crippen LogP contribution in [0.5, 0.6) is 0 Å². The smallest absolute Gasteiger partial charge is 0.303 e. The molecule has 128 valence electrons. The fourth-order valence-electron chi connectivity index (χ4n) is 2.24. The molecule has 0 aromatic heterocycles. The van der Waals surface area contributed by atoms with Crippen LogP contribution in [-0.2, 0) is 14.3 Å². The monoisotopic (exact) mass is 312 g/mol. The first-order chi connectivity index (χ1) is 10.6. The lowest BCUT2D eigenvalue weighted by molar-refractivity contribution is -0.141. The molecule has 0 saturated heterocycles. The number of carbonyl (C=O) groups excluding carboxylic acids is 1. The first kappa shape index (κ1) is 20.7. The van der Waals surface area contributed by atoms with Crippen molar-refractivity contribution in [2.24, 2.45) is 0 Å². The minimum atomic E-state index is -0.686. The minimum Gasteiger partial charge on any atom is -0.481 e. The molecule has 0 rings (SSSR count). The van der Waals surface area contributed by atoms with E-state index in [0.717, 1.165) is 44.9 Å². The lowest BCUT2D eigenvalue weighted by Gasteiger charge is -2.01. The summed E-state index contributed by atoms with van der Waals surface area (Å²) in [5.74, 6) is -0.876. The fraction of sp³-hybridized carbons (Fsp3) is 0.778. The van der Waals surface area contributed by atoms with Crippen molar-refractivity contribution in [3.05, 3.63) is 12.2 Å². The van der Waals surface area contributed by atoms with E-state index in [2.05, 4.69) is 12.2 Å². The lowest BCUT2D eigenvalue weighted by Crippen LogP contribution is -1.99. The van der Waals surface area contributed by atoms with Crippen molar-refractivity contribution in [2.75, 3.05) is 6.61 Å². The van der Waals surface area contributed by atoms with E-state index in [1.165, 1.54) is 32.6 Å². The Hall–Kier alpha value is -1.32. The fourth-order valence-corrected chi connectivity index (χ4v) is 2.24. The van der Waals surface area contributed by atoms with Gasteiger partial charge in [0.1, 0.15) is 0 Å². The molecule has 0 aliphatic carbocycles. The number of ether oxygens (including phenoxy) is 1. The molecule has 4 nitrogen and oxygen atoms in total. The largest absolute Gasteiger partial charge is 0.481 e. The second-order valence-corrected chi connectivity index (χ2v) is 5.71. The van der Waals surface area contributed by atoms with Crippen molar-refractivity contribution < 1.29 is 19.4 Å². The molecule has 0 unspecified atom stereocenters. The predicted octanol–water partition coefficient (Wildman–Crippen LogP) is 4.87. The number of esters is 1. The molecule has 0 aromatic rings. The minimum absolute atomic E-state index is 0.190. The summed E-state index contributed by atoms with van der Waals surface area (Å²) in [7, 11) is 0. The molecule has 22 heavy (non-hydrogen) atoms. The number of carbonyl (C=O) groups is 2. The molecule has 0 bridgehead atoms. The van der Waals surface area contributed by atoms with E-state index < -0.39 is 5.97 Å². The first-order valence-electron chi connectivity index (χ1n) is 8.63. The Bertz CT molecular complexity index is 280. The Morgan fingerprint density at radius 1 is 0.818 bits per heavy atom. The summed E-state index contributed by atoms with van der Waals surface area (Å²) in [6.45, 7) is 2.00. The van der Waals surface area contributed by atoms with Gasteiger partial charge in [-0.05, 0) is 38.5 Å². The molecule has 0 saturated carbocycles. The van der Waals surface area contributed by atoms with Crippen LogP contribution in [0.4, 0.5) is 0 Å². The normalized spacial score (nSPS) is 11.0. The Morgan fingerprint density at radius 3 is 1.86 bits per heavy atom. The molecular weight excluding hydrogens is 280 g/mol. The van der Waals surface area contributed by atoms with Gasteiger partial charge >= 0.3 is 11.9 Å². The maximum absolute atomic E-state index is 10.5. The standard InChI is InChI=1S/C18H32O4/c1-17(19)22-16-14-12-10-8-6-4-2-3-5-7-9-11-13-15-18(20)21/h2,4H,3,5-16H2,1H3,(H,20,21). The molecule has 0 spiro atoms. The van der Waals surface area contributed by atoms with E-state index in [0.29, 0.717) is 13.0 Å². The molecule has 0 aliphatic heterocycles. The number of aliphatic carboxylic acids is 1. The molecule has 0 atom stereocenters. The zero-order valence-corrected chi connectivity index (χ0v) is 14.0. The van der Waals surface area contributed by atoms with Crippen molar-refractivity contribution in [1.29, 1.82) is 0 Å². The molecule has 0 fully saturated rings. The van der Waals surface area contributed by atoms with E-state index >= 15 is 0 Å². The highest BCUT2D eigenvalue weighted by Crippen LogP contribution is 2.09. The third-order valence-corrected chi connectivity index (χ3v) is 3.50. The summed E-state index contributed by atoms with van der Waals surface area (Å²) >= 11 is 0. The van der Waals surface area contributed by atoms with Crippen molar-refractivity contribution in [2.45, 2.75) is 84.0 Å². The van der Waals surface area contributed by atoms with Crippen LogP contribution >= 0.6 is 0 Å². The molecule has 1 N–H and O–H groups in total. The predicted molar refractivity (Wildman–Crippen MR) is 88.8 cm³/mol. The zero-order chi connectivity index (χ0) is 16.5. The maximum Gasteiger partial charge on any atom is 0.303 e. The van der Waals surface area contributed by atoms with Crippen molar-refractivity contribution in [3.63, 3.8) is 0 Å². The molecule has 4 heteroatoms. The van der Waals surface area contributed by atoms with Gasteiger partial charge in [-0.3, -0.25) is 9.59 Å². The Morgan fingerprint density at radius 2 is 1.32 bits per heavy atom. The summed E-state index contributed by atoms with van der Waals surface area (Å²) in [6, 6.07) is 0. The van der Waals surface area contributed by atoms with Crippen molar-refractivity contribution >= 4 is 11.9 Å². The summed E-state index contributed by atoms with van der Waals surface area (Å²) in [5.41, 5.74) is 0. The lowest BCUT2D eigenvalue weighted by atomic mass is 10.1. The Kier molecular flexibility index (Phi) is 15.1. The third-order valence-electron chi connectivity index (χ3n) is 3.50. The van der Waals surface area contributed by atoms with Crippen LogP contribution in [-0.4, -0.2) is 23.7 Å². The van der Waals surface area contributed by atoms with Crippen LogP contribution in [0.15, 0.2) is 12.2 Å². The second kappa shape index (κ2) is 16.1. The number of hydrogen-bond acceptors (Lipinski definition) is 3. The zero-order valence-electron chi connectivity index (χ0n) is 14.0. The highest BCUT2D eigenvalue weighted by atomic mass is 16.5. The van der Waals surface area contributed by atoms with Gasteiger partial charge in [0.15, 0.2) is 0 Å². The van der Waals surface area contributed by atoms with Crippen LogP contribution in [0.25, 0.3) is 0 Å². The average molecular weight is 312 g/mol. The summed E-state index contributed by atoms with van der Waals surface area (Å²) in [5, 5.41) is 8.51. The van der Waals surface area contributed by atoms with E-state index in [4.69, 9.17) is 9.84 Å². The number of allylic oxidation sites excluding steroid dienone is 2. The van der Waals surface area contributed by atoms with Gasteiger partial charge in [-0.1, -0.05) is 44.3 Å². The number of carboxylic acid groups (broad SMARTS) is 1. The average Bonchev–Trinajstić information content (AvgIpc) is 2.46. The summed E-state index contributed by atoms with van der Waals surface area (Å²) in [6.07, 6.45) is 16.9. The van der Waals surface area contributed by atoms with Crippen LogP contribution in [0.2, 0.25) is 0 Å². The van der Waals surface area contributed by atoms with Gasteiger partial charge in [0, 0.05) is 13.3 Å². The van der Waals surface area contributed by atoms with E-state index in [-0.39, 0.29) is 5.97 Å². The highest BCUT2D eigenvalue weighted by molar-refractivity contribution is 5.66. The van der Waals surface area contributed by atoms with Crippen LogP contribution in [0.1, 0.15) is 84.0 Å². The number of hydrogen-bond donors (Lipinski definition) is 1. The Balaban J connectivity index is 3.12.